The summed E-state index contributed by atoms with van der Waals surface area (Å²) in [5.41, 5.74) is 13.9. The molecule has 3 heteroatoms. The van der Waals surface area contributed by atoms with Gasteiger partial charge in [-0.3, -0.25) is 6.08 Å². The molecule has 0 radical (unpaired) electrons. The first-order valence-electron chi connectivity index (χ1n) is 19.7. The Morgan fingerprint density at radius 3 is 1.96 bits per heavy atom. The number of allylic oxidation sites excluding steroid dienone is 4. The molecule has 278 valence electrons. The predicted octanol–water partition coefficient (Wildman–Crippen LogP) is 7.12. The number of benzene rings is 4. The third-order valence-electron chi connectivity index (χ3n) is 12.6. The Balaban J connectivity index is 0.000000155. The second-order valence-electron chi connectivity index (χ2n) is 18.9. The summed E-state index contributed by atoms with van der Waals surface area (Å²) in [5, 5.41) is 2.69. The number of hydrogen-bond acceptors (Lipinski definition) is 0. The van der Waals surface area contributed by atoms with Crippen LogP contribution in [-0.4, -0.2) is 3.71 Å². The number of fused-ring (bicyclic) bond motifs is 4. The van der Waals surface area contributed by atoms with Gasteiger partial charge < -0.3 is 24.8 Å². The molecule has 0 spiro atoms. The topological polar surface area (TPSA) is 0 Å². The van der Waals surface area contributed by atoms with Gasteiger partial charge in [0.15, 0.2) is 0 Å². The first kappa shape index (κ1) is 42.1. The first-order valence-corrected chi connectivity index (χ1v) is 21.1. The van der Waals surface area contributed by atoms with Gasteiger partial charge >= 0.3 is 86.7 Å². The van der Waals surface area contributed by atoms with Crippen molar-refractivity contribution in [2.24, 2.45) is 29.1 Å². The van der Waals surface area contributed by atoms with E-state index in [4.69, 9.17) is 0 Å². The molecule has 1 atom stereocenters. The molecule has 1 unspecified atom stereocenters. The van der Waals surface area contributed by atoms with E-state index in [1.165, 1.54) is 85.9 Å². The fourth-order valence-corrected chi connectivity index (χ4v) is 11.0. The zero-order valence-electron chi connectivity index (χ0n) is 33.3. The Labute approximate surface area is 348 Å². The van der Waals surface area contributed by atoms with Crippen LogP contribution in [0.3, 0.4) is 0 Å². The van der Waals surface area contributed by atoms with Crippen molar-refractivity contribution in [1.29, 1.82) is 0 Å². The summed E-state index contributed by atoms with van der Waals surface area (Å²) in [5.74, 6) is 3.82. The van der Waals surface area contributed by atoms with E-state index in [0.29, 0.717) is 11.3 Å². The normalized spacial score (nSPS) is 24.6. The van der Waals surface area contributed by atoms with Crippen molar-refractivity contribution in [3.8, 4) is 11.1 Å². The van der Waals surface area contributed by atoms with Gasteiger partial charge in [0, 0.05) is 0 Å². The summed E-state index contributed by atoms with van der Waals surface area (Å²) in [6.07, 6.45) is 17.8. The van der Waals surface area contributed by atoms with Gasteiger partial charge in [0.1, 0.15) is 0 Å². The molecule has 0 aromatic heterocycles. The van der Waals surface area contributed by atoms with Crippen LogP contribution in [0.5, 0.6) is 0 Å². The Morgan fingerprint density at radius 2 is 1.38 bits per heavy atom. The van der Waals surface area contributed by atoms with E-state index in [0.717, 1.165) is 24.2 Å². The molecule has 4 fully saturated rings. The van der Waals surface area contributed by atoms with Crippen LogP contribution in [0.15, 0.2) is 90.0 Å². The van der Waals surface area contributed by atoms with Crippen LogP contribution >= 0.6 is 0 Å². The van der Waals surface area contributed by atoms with Crippen LogP contribution in [0, 0.1) is 41.2 Å². The maximum absolute atomic E-state index is 3.57. The van der Waals surface area contributed by atoms with E-state index >= 15 is 0 Å². The van der Waals surface area contributed by atoms with Gasteiger partial charge in [-0.05, 0) is 79.1 Å². The molecule has 53 heavy (non-hydrogen) atoms. The molecular weight excluding hydrogens is 763 g/mol. The van der Waals surface area contributed by atoms with Crippen molar-refractivity contribution in [3.05, 3.63) is 130 Å². The average Bonchev–Trinajstić information content (AvgIpc) is 3.60. The first-order chi connectivity index (χ1) is 24.2. The minimum atomic E-state index is 0. The molecule has 0 aliphatic heterocycles. The van der Waals surface area contributed by atoms with Crippen LogP contribution in [0.25, 0.3) is 21.9 Å². The van der Waals surface area contributed by atoms with E-state index in [9.17, 15) is 0 Å². The van der Waals surface area contributed by atoms with Gasteiger partial charge in [-0.15, -0.1) is 5.56 Å². The summed E-state index contributed by atoms with van der Waals surface area (Å²) in [4.78, 5) is 0. The summed E-state index contributed by atoms with van der Waals surface area (Å²) in [7, 11) is 0. The van der Waals surface area contributed by atoms with Crippen LogP contribution in [-0.2, 0) is 41.5 Å². The predicted molar refractivity (Wildman–Crippen MR) is 215 cm³/mol. The van der Waals surface area contributed by atoms with Crippen molar-refractivity contribution < 1.29 is 49.0 Å². The van der Waals surface area contributed by atoms with E-state index in [1.54, 1.807) is 44.1 Å². The van der Waals surface area contributed by atoms with E-state index in [1.807, 2.05) is 0 Å². The molecule has 10 rings (SSSR count). The summed E-state index contributed by atoms with van der Waals surface area (Å²) in [6.45, 7) is 18.2. The third-order valence-corrected chi connectivity index (χ3v) is 13.4. The zero-order chi connectivity index (χ0) is 36.1. The third kappa shape index (κ3) is 9.33. The minimum absolute atomic E-state index is 0. The van der Waals surface area contributed by atoms with E-state index in [-0.39, 0.29) is 35.6 Å². The second-order valence-corrected chi connectivity index (χ2v) is 19.6. The SMILES string of the molecule is CC(C)(C)c1c[c-]c2c(c1)-c1cc(C(C)(C)C)ccc1C2.CC1=[C-]C(C)C=C1CC12CC3CC(CC(C3)C1)C2.[Cl-].[Cl-].[Zr+2]=[CH]c1cccc2ccccc12. The van der Waals surface area contributed by atoms with Crippen LogP contribution in [0.4, 0.5) is 0 Å². The molecule has 4 aromatic carbocycles. The molecular formula is C50H58Cl2Zr-2. The van der Waals surface area contributed by atoms with Crippen molar-refractivity contribution >= 4 is 14.5 Å². The summed E-state index contributed by atoms with van der Waals surface area (Å²) in [6, 6.07) is 30.0. The zero-order valence-corrected chi connectivity index (χ0v) is 37.3. The second kappa shape index (κ2) is 16.6. The van der Waals surface area contributed by atoms with Gasteiger partial charge in [0.25, 0.3) is 0 Å². The van der Waals surface area contributed by atoms with Crippen molar-refractivity contribution in [1.82, 2.24) is 0 Å². The van der Waals surface area contributed by atoms with Gasteiger partial charge in [0.2, 0.25) is 0 Å². The van der Waals surface area contributed by atoms with E-state index < -0.39 is 0 Å². The van der Waals surface area contributed by atoms with E-state index in [2.05, 4.69) is 150 Å². The van der Waals surface area contributed by atoms with Crippen molar-refractivity contribution in [2.75, 3.05) is 0 Å². The summed E-state index contributed by atoms with van der Waals surface area (Å²) >= 11 is 1.46. The molecule has 0 saturated heterocycles. The van der Waals surface area contributed by atoms with Gasteiger partial charge in [0.05, 0.1) is 0 Å². The fourth-order valence-electron chi connectivity index (χ4n) is 10.4. The average molecular weight is 821 g/mol. The van der Waals surface area contributed by atoms with Crippen LogP contribution in [0.2, 0.25) is 0 Å². The number of halogens is 2. The van der Waals surface area contributed by atoms with Crippen LogP contribution in [0.1, 0.15) is 128 Å². The molecule has 0 N–H and O–H groups in total. The Hall–Kier alpha value is -2.05. The summed E-state index contributed by atoms with van der Waals surface area (Å²) < 4.78 is 2.23. The molecule has 0 nitrogen and oxygen atoms in total. The molecule has 6 aliphatic rings. The molecule has 6 aliphatic carbocycles. The molecule has 4 bridgehead atoms. The van der Waals surface area contributed by atoms with Crippen molar-refractivity contribution in [2.45, 2.75) is 118 Å². The molecule has 4 aromatic rings. The maximum atomic E-state index is 3.57. The molecule has 0 heterocycles. The fraction of sp³-hybridized carbons (Fsp3) is 0.460. The Kier molecular flexibility index (Phi) is 13.2. The molecule has 0 amide bonds. The number of hydrogen-bond donors (Lipinski definition) is 0. The van der Waals surface area contributed by atoms with Gasteiger partial charge in [-0.1, -0.05) is 102 Å². The monoisotopic (exact) mass is 818 g/mol. The quantitative estimate of drug-likeness (QED) is 0.170. The van der Waals surface area contributed by atoms with Gasteiger partial charge in [-0.2, -0.15) is 41.0 Å². The standard InChI is InChI=1S/C21H25.C18H25.C11H8.2ClH.Zr/c1-20(2,3)16-9-7-14-11-15-8-10-17(21(4,5)6)13-19(15)18(14)12-16;1-12-3-13(2)17(4-12)11-18-8-14-5-15(9-18)7-16(6-14)10-18;1-9-5-4-7-10-6-2-3-8-11(9)10;;;/h7,9-10,12-13H,11H2,1-6H3;4,12,14-16H,5-11H2,1-2H3;1-8H;2*1H;/q2*-1;;;;+2/p-2. The Bertz CT molecular complexity index is 1900. The van der Waals surface area contributed by atoms with Crippen LogP contribution < -0.4 is 24.8 Å². The number of rotatable bonds is 3. The van der Waals surface area contributed by atoms with Crippen molar-refractivity contribution in [3.63, 3.8) is 0 Å². The Morgan fingerprint density at radius 1 is 0.774 bits per heavy atom. The van der Waals surface area contributed by atoms with Gasteiger partial charge in [-0.25, -0.2) is 5.57 Å². The molecule has 4 saturated carbocycles.